The van der Waals surface area contributed by atoms with Crippen molar-refractivity contribution < 1.29 is 9.53 Å². The van der Waals surface area contributed by atoms with Crippen LogP contribution in [0.15, 0.2) is 72.9 Å². The van der Waals surface area contributed by atoms with Crippen LogP contribution in [0.2, 0.25) is 0 Å². The van der Waals surface area contributed by atoms with Crippen LogP contribution in [-0.4, -0.2) is 28.9 Å². The van der Waals surface area contributed by atoms with Gasteiger partial charge in [0.15, 0.2) is 0 Å². The molecule has 1 aromatic heterocycles. The molecule has 0 saturated carbocycles. The molecule has 0 aliphatic heterocycles. The number of pyridine rings is 1. The Hall–Kier alpha value is -3.34. The molecule has 150 valence electrons. The van der Waals surface area contributed by atoms with E-state index in [-0.39, 0.29) is 11.9 Å². The number of rotatable bonds is 8. The summed E-state index contributed by atoms with van der Waals surface area (Å²) in [5.74, 6) is 0.772. The molecule has 2 aromatic carbocycles. The number of benzene rings is 2. The summed E-state index contributed by atoms with van der Waals surface area (Å²) in [6.07, 6.45) is 1.71. The van der Waals surface area contributed by atoms with Crippen molar-refractivity contribution in [2.45, 2.75) is 33.0 Å². The van der Waals surface area contributed by atoms with E-state index in [0.29, 0.717) is 18.8 Å². The van der Waals surface area contributed by atoms with Crippen LogP contribution in [0.3, 0.4) is 0 Å². The topological polar surface area (TPSA) is 54.5 Å². The Morgan fingerprint density at radius 1 is 1.00 bits per heavy atom. The fourth-order valence-corrected chi connectivity index (χ4v) is 2.99. The van der Waals surface area contributed by atoms with Gasteiger partial charge in [0, 0.05) is 19.1 Å². The standard InChI is InChI=1S/C24H27N3O2/c1-18(2)27(17-20-7-5-4-6-8-20)24(28)23-14-11-21(16-26-23)25-15-19-9-12-22(29-3)13-10-19/h4-14,16,18,25H,15,17H2,1-3H3. The van der Waals surface area contributed by atoms with Crippen molar-refractivity contribution in [2.75, 3.05) is 12.4 Å². The molecule has 0 fully saturated rings. The normalized spacial score (nSPS) is 10.6. The van der Waals surface area contributed by atoms with E-state index in [0.717, 1.165) is 22.6 Å². The van der Waals surface area contributed by atoms with Gasteiger partial charge in [0.05, 0.1) is 19.0 Å². The molecule has 3 aromatic rings. The summed E-state index contributed by atoms with van der Waals surface area (Å²) < 4.78 is 5.17. The Morgan fingerprint density at radius 2 is 1.72 bits per heavy atom. The highest BCUT2D eigenvalue weighted by molar-refractivity contribution is 5.92. The van der Waals surface area contributed by atoms with Gasteiger partial charge in [-0.2, -0.15) is 0 Å². The van der Waals surface area contributed by atoms with Crippen molar-refractivity contribution in [1.82, 2.24) is 9.88 Å². The highest BCUT2D eigenvalue weighted by Gasteiger charge is 2.20. The number of carbonyl (C=O) groups is 1. The van der Waals surface area contributed by atoms with E-state index in [1.807, 2.05) is 79.4 Å². The zero-order chi connectivity index (χ0) is 20.6. The van der Waals surface area contributed by atoms with E-state index >= 15 is 0 Å². The van der Waals surface area contributed by atoms with Crippen LogP contribution < -0.4 is 10.1 Å². The molecule has 0 atom stereocenters. The first-order chi connectivity index (χ1) is 14.1. The molecule has 0 aliphatic carbocycles. The van der Waals surface area contributed by atoms with Crippen molar-refractivity contribution >= 4 is 11.6 Å². The predicted octanol–water partition coefficient (Wildman–Crippen LogP) is 4.75. The van der Waals surface area contributed by atoms with Gasteiger partial charge in [0.1, 0.15) is 11.4 Å². The maximum atomic E-state index is 13.0. The minimum atomic E-state index is -0.0643. The van der Waals surface area contributed by atoms with Crippen LogP contribution in [0.25, 0.3) is 0 Å². The summed E-state index contributed by atoms with van der Waals surface area (Å²) in [4.78, 5) is 19.2. The summed E-state index contributed by atoms with van der Waals surface area (Å²) in [7, 11) is 1.65. The molecule has 3 rings (SSSR count). The maximum absolute atomic E-state index is 13.0. The lowest BCUT2D eigenvalue weighted by Crippen LogP contribution is -2.36. The summed E-state index contributed by atoms with van der Waals surface area (Å²) in [6.45, 7) is 5.28. The zero-order valence-electron chi connectivity index (χ0n) is 17.1. The summed E-state index contributed by atoms with van der Waals surface area (Å²) in [5, 5.41) is 3.33. The van der Waals surface area contributed by atoms with Crippen LogP contribution >= 0.6 is 0 Å². The average Bonchev–Trinajstić information content (AvgIpc) is 2.77. The average molecular weight is 389 g/mol. The van der Waals surface area contributed by atoms with E-state index in [9.17, 15) is 4.79 Å². The van der Waals surface area contributed by atoms with Crippen LogP contribution in [0.5, 0.6) is 5.75 Å². The second-order valence-corrected chi connectivity index (χ2v) is 7.15. The lowest BCUT2D eigenvalue weighted by atomic mass is 10.1. The predicted molar refractivity (Wildman–Crippen MR) is 116 cm³/mol. The van der Waals surface area contributed by atoms with Gasteiger partial charge in [-0.25, -0.2) is 4.98 Å². The van der Waals surface area contributed by atoms with Gasteiger partial charge in [-0.3, -0.25) is 4.79 Å². The van der Waals surface area contributed by atoms with E-state index in [1.165, 1.54) is 0 Å². The van der Waals surface area contributed by atoms with Crippen molar-refractivity contribution in [3.63, 3.8) is 0 Å². The van der Waals surface area contributed by atoms with E-state index in [4.69, 9.17) is 4.74 Å². The molecule has 0 unspecified atom stereocenters. The van der Waals surface area contributed by atoms with Crippen molar-refractivity contribution in [1.29, 1.82) is 0 Å². The first kappa shape index (κ1) is 20.4. The van der Waals surface area contributed by atoms with Gasteiger partial charge in [-0.15, -0.1) is 0 Å². The molecular weight excluding hydrogens is 362 g/mol. The highest BCUT2D eigenvalue weighted by atomic mass is 16.5. The summed E-state index contributed by atoms with van der Waals surface area (Å²) >= 11 is 0. The van der Waals surface area contributed by atoms with Gasteiger partial charge in [0.2, 0.25) is 0 Å². The number of anilines is 1. The number of nitrogens with zero attached hydrogens (tertiary/aromatic N) is 2. The van der Waals surface area contributed by atoms with E-state index < -0.39 is 0 Å². The molecule has 0 bridgehead atoms. The Kier molecular flexibility index (Phi) is 6.85. The Labute approximate surface area is 172 Å². The van der Waals surface area contributed by atoms with Crippen molar-refractivity contribution in [2.24, 2.45) is 0 Å². The molecule has 29 heavy (non-hydrogen) atoms. The Morgan fingerprint density at radius 3 is 2.31 bits per heavy atom. The molecule has 5 heteroatoms. The van der Waals surface area contributed by atoms with Crippen LogP contribution in [0, 0.1) is 0 Å². The number of amides is 1. The van der Waals surface area contributed by atoms with E-state index in [2.05, 4.69) is 10.3 Å². The number of hydrogen-bond acceptors (Lipinski definition) is 4. The van der Waals surface area contributed by atoms with Gasteiger partial charge in [-0.1, -0.05) is 42.5 Å². The first-order valence-electron chi connectivity index (χ1n) is 9.74. The summed E-state index contributed by atoms with van der Waals surface area (Å²) in [6, 6.07) is 21.7. The molecule has 0 radical (unpaired) electrons. The number of ether oxygens (including phenoxy) is 1. The second-order valence-electron chi connectivity index (χ2n) is 7.15. The lowest BCUT2D eigenvalue weighted by molar-refractivity contribution is 0.0684. The van der Waals surface area contributed by atoms with Crippen molar-refractivity contribution in [3.8, 4) is 5.75 Å². The SMILES string of the molecule is COc1ccc(CNc2ccc(C(=O)N(Cc3ccccc3)C(C)C)nc2)cc1. The number of nitrogens with one attached hydrogen (secondary N) is 1. The lowest BCUT2D eigenvalue weighted by Gasteiger charge is -2.26. The second kappa shape index (κ2) is 9.73. The largest absolute Gasteiger partial charge is 0.497 e. The van der Waals surface area contributed by atoms with Gasteiger partial charge in [0.25, 0.3) is 5.91 Å². The number of carbonyl (C=O) groups excluding carboxylic acids is 1. The Balaban J connectivity index is 1.63. The minimum absolute atomic E-state index is 0.0643. The molecule has 0 spiro atoms. The third-order valence-electron chi connectivity index (χ3n) is 4.72. The third kappa shape index (κ3) is 5.57. The van der Waals surface area contributed by atoms with Gasteiger partial charge in [-0.05, 0) is 49.2 Å². The van der Waals surface area contributed by atoms with Crippen LogP contribution in [0.4, 0.5) is 5.69 Å². The van der Waals surface area contributed by atoms with Crippen molar-refractivity contribution in [3.05, 3.63) is 89.7 Å². The fraction of sp³-hybridized carbons (Fsp3) is 0.250. The Bertz CT molecular complexity index is 907. The van der Waals surface area contributed by atoms with Crippen LogP contribution in [0.1, 0.15) is 35.5 Å². The zero-order valence-corrected chi connectivity index (χ0v) is 17.1. The molecule has 0 saturated heterocycles. The number of aromatic nitrogens is 1. The number of methoxy groups -OCH3 is 1. The van der Waals surface area contributed by atoms with Gasteiger partial charge >= 0.3 is 0 Å². The molecular formula is C24H27N3O2. The fourth-order valence-electron chi connectivity index (χ4n) is 2.99. The molecule has 0 aliphatic rings. The number of hydrogen-bond donors (Lipinski definition) is 1. The van der Waals surface area contributed by atoms with Crippen LogP contribution in [-0.2, 0) is 13.1 Å². The quantitative estimate of drug-likeness (QED) is 0.604. The van der Waals surface area contributed by atoms with E-state index in [1.54, 1.807) is 19.4 Å². The molecule has 5 nitrogen and oxygen atoms in total. The summed E-state index contributed by atoms with van der Waals surface area (Å²) in [5.41, 5.74) is 3.56. The minimum Gasteiger partial charge on any atom is -0.497 e. The maximum Gasteiger partial charge on any atom is 0.272 e. The smallest absolute Gasteiger partial charge is 0.272 e. The molecule has 1 heterocycles. The first-order valence-corrected chi connectivity index (χ1v) is 9.74. The third-order valence-corrected chi connectivity index (χ3v) is 4.72. The monoisotopic (exact) mass is 389 g/mol. The highest BCUT2D eigenvalue weighted by Crippen LogP contribution is 2.16. The molecule has 1 N–H and O–H groups in total. The molecule has 1 amide bonds. The van der Waals surface area contributed by atoms with Gasteiger partial charge < -0.3 is 15.0 Å².